The van der Waals surface area contributed by atoms with Crippen LogP contribution in [-0.4, -0.2) is 39.7 Å². The van der Waals surface area contributed by atoms with Crippen molar-refractivity contribution in [3.63, 3.8) is 0 Å². The molecule has 0 aliphatic heterocycles. The number of pyridine rings is 1. The summed E-state index contributed by atoms with van der Waals surface area (Å²) >= 11 is 6.53. The Labute approximate surface area is 198 Å². The lowest BCUT2D eigenvalue weighted by Gasteiger charge is -2.22. The molecule has 8 heteroatoms. The van der Waals surface area contributed by atoms with Crippen molar-refractivity contribution in [2.24, 2.45) is 13.0 Å². The summed E-state index contributed by atoms with van der Waals surface area (Å²) in [5.74, 6) is 0.414. The fourth-order valence-electron chi connectivity index (χ4n) is 3.74. The lowest BCUT2D eigenvalue weighted by Crippen LogP contribution is -2.30. The maximum atomic E-state index is 12.4. The highest BCUT2D eigenvalue weighted by Gasteiger charge is 2.27. The Morgan fingerprint density at radius 1 is 1.21 bits per heavy atom. The molecular weight excluding hydrogens is 438 g/mol. The van der Waals surface area contributed by atoms with Crippen molar-refractivity contribution in [3.8, 4) is 11.3 Å². The molecule has 0 atom stereocenters. The van der Waals surface area contributed by atoms with Crippen molar-refractivity contribution < 1.29 is 9.59 Å². The molecule has 0 bridgehead atoms. The number of nitrogens with zero attached hydrogens (tertiary/aromatic N) is 4. The zero-order chi connectivity index (χ0) is 23.4. The summed E-state index contributed by atoms with van der Waals surface area (Å²) in [6, 6.07) is 9.16. The minimum atomic E-state index is -0.147. The van der Waals surface area contributed by atoms with E-state index in [4.69, 9.17) is 11.6 Å². The molecule has 33 heavy (non-hydrogen) atoms. The molecule has 7 nitrogen and oxygen atoms in total. The van der Waals surface area contributed by atoms with Crippen LogP contribution in [0.3, 0.4) is 0 Å². The predicted molar refractivity (Wildman–Crippen MR) is 129 cm³/mol. The molecule has 172 valence electrons. The van der Waals surface area contributed by atoms with Crippen LogP contribution in [0.4, 0.5) is 5.69 Å². The number of aryl methyl sites for hydroxylation is 2. The summed E-state index contributed by atoms with van der Waals surface area (Å²) in [6.07, 6.45) is 9.42. The average Bonchev–Trinajstić information content (AvgIpc) is 3.54. The van der Waals surface area contributed by atoms with Gasteiger partial charge in [-0.15, -0.1) is 0 Å². The van der Waals surface area contributed by atoms with E-state index in [1.165, 1.54) is 0 Å². The number of carbonyl (C=O) groups is 2. The molecule has 2 aromatic heterocycles. The molecule has 2 amide bonds. The molecule has 1 N–H and O–H groups in total. The molecule has 0 unspecified atom stereocenters. The van der Waals surface area contributed by atoms with Crippen LogP contribution in [0.2, 0.25) is 5.02 Å². The monoisotopic (exact) mass is 465 g/mol. The minimum Gasteiger partial charge on any atom is -0.352 e. The van der Waals surface area contributed by atoms with Crippen LogP contribution in [-0.2, 0) is 18.3 Å². The number of halogens is 1. The van der Waals surface area contributed by atoms with Gasteiger partial charge < -0.3 is 10.2 Å². The Morgan fingerprint density at radius 2 is 2.03 bits per heavy atom. The Morgan fingerprint density at radius 3 is 2.64 bits per heavy atom. The molecular formula is C25H28ClN5O2. The van der Waals surface area contributed by atoms with Gasteiger partial charge in [0.25, 0.3) is 5.91 Å². The molecule has 3 aromatic rings. The van der Waals surface area contributed by atoms with Crippen molar-refractivity contribution in [1.82, 2.24) is 20.1 Å². The van der Waals surface area contributed by atoms with E-state index in [2.05, 4.69) is 15.4 Å². The van der Waals surface area contributed by atoms with Crippen LogP contribution in [0.1, 0.15) is 42.1 Å². The van der Waals surface area contributed by atoms with E-state index in [0.29, 0.717) is 35.3 Å². The summed E-state index contributed by atoms with van der Waals surface area (Å²) < 4.78 is 1.77. The second kappa shape index (κ2) is 10.2. The summed E-state index contributed by atoms with van der Waals surface area (Å²) in [6.45, 7) is 2.86. The quantitative estimate of drug-likeness (QED) is 0.479. The minimum absolute atomic E-state index is 0.00882. The molecule has 1 aliphatic carbocycles. The van der Waals surface area contributed by atoms with Crippen LogP contribution in [0, 0.1) is 5.92 Å². The highest BCUT2D eigenvalue weighted by atomic mass is 35.5. The molecule has 1 fully saturated rings. The molecule has 1 saturated carbocycles. The standard InChI is InChI=1S/C25H28ClN5O2/c1-17(32)31(16-18-5-6-18)24-10-8-20(12-22(24)26)23-9-7-21(14-28-23)25(33)27-11-3-4-19-13-29-30(2)15-19/h7-10,12-15,18H,3-6,11,16H2,1-2H3,(H,27,33). The third kappa shape index (κ3) is 5.99. The van der Waals surface area contributed by atoms with E-state index >= 15 is 0 Å². The lowest BCUT2D eigenvalue weighted by atomic mass is 10.1. The normalized spacial score (nSPS) is 13.1. The topological polar surface area (TPSA) is 80.1 Å². The summed E-state index contributed by atoms with van der Waals surface area (Å²) in [4.78, 5) is 30.7. The van der Waals surface area contributed by atoms with Gasteiger partial charge in [0.05, 0.1) is 28.2 Å². The number of hydrogen-bond acceptors (Lipinski definition) is 4. The van der Waals surface area contributed by atoms with E-state index in [-0.39, 0.29) is 11.8 Å². The van der Waals surface area contributed by atoms with Crippen LogP contribution >= 0.6 is 11.6 Å². The van der Waals surface area contributed by atoms with Crippen molar-refractivity contribution in [2.45, 2.75) is 32.6 Å². The van der Waals surface area contributed by atoms with Crippen molar-refractivity contribution in [3.05, 3.63) is 65.1 Å². The van der Waals surface area contributed by atoms with E-state index in [0.717, 1.165) is 42.5 Å². The zero-order valence-electron chi connectivity index (χ0n) is 18.9. The Hall–Kier alpha value is -3.19. The first kappa shape index (κ1) is 23.0. The Balaban J connectivity index is 1.35. The van der Waals surface area contributed by atoms with Crippen molar-refractivity contribution in [2.75, 3.05) is 18.0 Å². The molecule has 2 heterocycles. The molecule has 0 saturated heterocycles. The lowest BCUT2D eigenvalue weighted by molar-refractivity contribution is -0.116. The van der Waals surface area contributed by atoms with Gasteiger partial charge in [0.15, 0.2) is 0 Å². The second-order valence-corrected chi connectivity index (χ2v) is 8.96. The van der Waals surface area contributed by atoms with E-state index in [9.17, 15) is 9.59 Å². The summed E-state index contributed by atoms with van der Waals surface area (Å²) in [5.41, 5.74) is 3.94. The van der Waals surface area contributed by atoms with Crippen LogP contribution < -0.4 is 10.2 Å². The average molecular weight is 466 g/mol. The number of anilines is 1. The van der Waals surface area contributed by atoms with Gasteiger partial charge in [-0.05, 0) is 61.4 Å². The maximum Gasteiger partial charge on any atom is 0.252 e. The van der Waals surface area contributed by atoms with E-state index in [1.54, 1.807) is 28.8 Å². The largest absolute Gasteiger partial charge is 0.352 e. The number of benzene rings is 1. The molecule has 0 spiro atoms. The third-order valence-corrected chi connectivity index (χ3v) is 6.07. The molecule has 1 aliphatic rings. The van der Waals surface area contributed by atoms with Gasteiger partial charge in [-0.1, -0.05) is 17.7 Å². The van der Waals surface area contributed by atoms with Gasteiger partial charge in [0.1, 0.15) is 0 Å². The molecule has 1 aromatic carbocycles. The first-order valence-corrected chi connectivity index (χ1v) is 11.6. The van der Waals surface area contributed by atoms with E-state index in [1.807, 2.05) is 43.7 Å². The van der Waals surface area contributed by atoms with E-state index < -0.39 is 0 Å². The number of aromatic nitrogens is 3. The van der Waals surface area contributed by atoms with Crippen molar-refractivity contribution in [1.29, 1.82) is 0 Å². The fraction of sp³-hybridized carbons (Fsp3) is 0.360. The second-order valence-electron chi connectivity index (χ2n) is 8.55. The van der Waals surface area contributed by atoms with Crippen LogP contribution in [0.15, 0.2) is 48.9 Å². The number of hydrogen-bond donors (Lipinski definition) is 1. The third-order valence-electron chi connectivity index (χ3n) is 5.76. The van der Waals surface area contributed by atoms with Crippen molar-refractivity contribution >= 4 is 29.1 Å². The van der Waals surface area contributed by atoms with Gasteiger partial charge in [-0.3, -0.25) is 19.3 Å². The first-order chi connectivity index (χ1) is 15.9. The first-order valence-electron chi connectivity index (χ1n) is 11.2. The van der Waals surface area contributed by atoms with Gasteiger partial charge in [-0.25, -0.2) is 0 Å². The predicted octanol–water partition coefficient (Wildman–Crippen LogP) is 4.26. The maximum absolute atomic E-state index is 12.4. The number of rotatable bonds is 9. The zero-order valence-corrected chi connectivity index (χ0v) is 19.7. The molecule has 0 radical (unpaired) electrons. The van der Waals surface area contributed by atoms with Crippen LogP contribution in [0.5, 0.6) is 0 Å². The number of carbonyl (C=O) groups excluding carboxylic acids is 2. The van der Waals surface area contributed by atoms with Gasteiger partial charge in [0, 0.05) is 45.0 Å². The Kier molecular flexibility index (Phi) is 7.08. The SMILES string of the molecule is CC(=O)N(CC1CC1)c1ccc(-c2ccc(C(=O)NCCCc3cnn(C)c3)cn2)cc1Cl. The highest BCUT2D eigenvalue weighted by molar-refractivity contribution is 6.34. The smallest absolute Gasteiger partial charge is 0.252 e. The Bertz CT molecular complexity index is 1140. The summed E-state index contributed by atoms with van der Waals surface area (Å²) in [7, 11) is 1.89. The molecule has 4 rings (SSSR count). The van der Waals surface area contributed by atoms with Gasteiger partial charge in [-0.2, -0.15) is 5.10 Å². The van der Waals surface area contributed by atoms with Crippen LogP contribution in [0.25, 0.3) is 11.3 Å². The summed E-state index contributed by atoms with van der Waals surface area (Å²) in [5, 5.41) is 7.59. The van der Waals surface area contributed by atoms with Gasteiger partial charge in [0.2, 0.25) is 5.91 Å². The fourth-order valence-corrected chi connectivity index (χ4v) is 4.02. The number of nitrogens with one attached hydrogen (secondary N) is 1. The van der Waals surface area contributed by atoms with Gasteiger partial charge >= 0.3 is 0 Å². The highest BCUT2D eigenvalue weighted by Crippen LogP contribution is 2.35. The number of amides is 2.